The third kappa shape index (κ3) is 3.61. The summed E-state index contributed by atoms with van der Waals surface area (Å²) in [6.45, 7) is 4.73. The highest BCUT2D eigenvalue weighted by atomic mass is 16.5. The first kappa shape index (κ1) is 20.4. The molecular formula is C23H21N7O3. The van der Waals surface area contributed by atoms with Gasteiger partial charge in [-0.2, -0.15) is 10.2 Å². The smallest absolute Gasteiger partial charge is 0.337 e. The number of imidazole rings is 1. The number of hydrogen-bond acceptors (Lipinski definition) is 6. The zero-order valence-corrected chi connectivity index (χ0v) is 18.0. The molecule has 3 aromatic heterocycles. The van der Waals surface area contributed by atoms with Gasteiger partial charge in [0.1, 0.15) is 0 Å². The van der Waals surface area contributed by atoms with Gasteiger partial charge in [0.25, 0.3) is 6.01 Å². The molecule has 0 fully saturated rings. The van der Waals surface area contributed by atoms with Crippen LogP contribution in [0.15, 0.2) is 48.7 Å². The number of ether oxygens (including phenoxy) is 1. The Balaban J connectivity index is 1.53. The lowest BCUT2D eigenvalue weighted by Crippen LogP contribution is -2.08. The van der Waals surface area contributed by atoms with E-state index in [1.54, 1.807) is 18.2 Å². The second-order valence-corrected chi connectivity index (χ2v) is 7.55. The summed E-state index contributed by atoms with van der Waals surface area (Å²) in [5, 5.41) is 24.0. The average molecular weight is 443 g/mol. The topological polar surface area (TPSA) is 135 Å². The van der Waals surface area contributed by atoms with E-state index in [2.05, 4.69) is 30.6 Å². The molecule has 0 saturated carbocycles. The van der Waals surface area contributed by atoms with Crippen LogP contribution in [0, 0.1) is 6.92 Å². The fourth-order valence-corrected chi connectivity index (χ4v) is 4.02. The molecule has 3 heterocycles. The molecule has 0 radical (unpaired) electrons. The van der Waals surface area contributed by atoms with Gasteiger partial charge >= 0.3 is 5.97 Å². The minimum Gasteiger partial charge on any atom is -0.478 e. The van der Waals surface area contributed by atoms with E-state index in [0.29, 0.717) is 36.0 Å². The van der Waals surface area contributed by atoms with Crippen molar-refractivity contribution in [1.82, 2.24) is 35.2 Å². The Hall–Kier alpha value is -4.47. The molecule has 0 aliphatic heterocycles. The maximum absolute atomic E-state index is 11.8. The van der Waals surface area contributed by atoms with E-state index in [0.717, 1.165) is 27.9 Å². The number of carboxylic acid groups (broad SMARTS) is 1. The van der Waals surface area contributed by atoms with Crippen LogP contribution in [0.25, 0.3) is 33.7 Å². The largest absolute Gasteiger partial charge is 0.478 e. The van der Waals surface area contributed by atoms with E-state index in [4.69, 9.17) is 4.74 Å². The van der Waals surface area contributed by atoms with E-state index >= 15 is 0 Å². The number of aromatic amines is 2. The van der Waals surface area contributed by atoms with Crippen molar-refractivity contribution >= 4 is 17.0 Å². The number of benzene rings is 2. The third-order valence-electron chi connectivity index (χ3n) is 5.47. The lowest BCUT2D eigenvalue weighted by Gasteiger charge is -2.11. The van der Waals surface area contributed by atoms with E-state index in [9.17, 15) is 9.90 Å². The van der Waals surface area contributed by atoms with E-state index in [1.807, 2.05) is 48.9 Å². The summed E-state index contributed by atoms with van der Waals surface area (Å²) in [4.78, 5) is 19.5. The van der Waals surface area contributed by atoms with Crippen molar-refractivity contribution in [3.63, 3.8) is 0 Å². The molecule has 0 aliphatic carbocycles. The normalized spacial score (nSPS) is 11.2. The van der Waals surface area contributed by atoms with Crippen molar-refractivity contribution < 1.29 is 14.6 Å². The molecule has 0 saturated heterocycles. The lowest BCUT2D eigenvalue weighted by atomic mass is 10.0. The molecule has 2 aromatic carbocycles. The summed E-state index contributed by atoms with van der Waals surface area (Å²) >= 11 is 0. The number of carboxylic acids is 1. The Bertz CT molecular complexity index is 1430. The first-order chi connectivity index (χ1) is 16.1. The maximum atomic E-state index is 11.8. The molecule has 0 unspecified atom stereocenters. The quantitative estimate of drug-likeness (QED) is 0.349. The molecular weight excluding hydrogens is 422 g/mol. The van der Waals surface area contributed by atoms with Crippen molar-refractivity contribution in [1.29, 1.82) is 0 Å². The second-order valence-electron chi connectivity index (χ2n) is 7.55. The Kier molecular flexibility index (Phi) is 5.09. The summed E-state index contributed by atoms with van der Waals surface area (Å²) in [6.07, 6.45) is 1.91. The van der Waals surface area contributed by atoms with Crippen LogP contribution in [0.3, 0.4) is 0 Å². The fourth-order valence-electron chi connectivity index (χ4n) is 4.02. The van der Waals surface area contributed by atoms with Crippen molar-refractivity contribution in [3.05, 3.63) is 65.4 Å². The summed E-state index contributed by atoms with van der Waals surface area (Å²) in [5.74, 6) is -0.508. The molecule has 5 rings (SSSR count). The molecule has 0 spiro atoms. The third-order valence-corrected chi connectivity index (χ3v) is 5.47. The van der Waals surface area contributed by atoms with Crippen molar-refractivity contribution in [2.75, 3.05) is 6.61 Å². The number of hydrogen-bond donors (Lipinski definition) is 3. The fraction of sp³-hybridized carbons (Fsp3) is 0.174. The van der Waals surface area contributed by atoms with Crippen molar-refractivity contribution in [2.45, 2.75) is 20.4 Å². The summed E-state index contributed by atoms with van der Waals surface area (Å²) in [6, 6.07) is 13.5. The van der Waals surface area contributed by atoms with Crippen molar-refractivity contribution in [3.8, 4) is 28.7 Å². The highest BCUT2D eigenvalue weighted by molar-refractivity contribution is 6.01. The van der Waals surface area contributed by atoms with Gasteiger partial charge in [0.2, 0.25) is 5.82 Å². The number of rotatable bonds is 7. The first-order valence-corrected chi connectivity index (χ1v) is 10.4. The first-order valence-electron chi connectivity index (χ1n) is 10.4. The van der Waals surface area contributed by atoms with Gasteiger partial charge in [-0.25, -0.2) is 4.79 Å². The predicted octanol–water partition coefficient (Wildman–Crippen LogP) is 3.67. The van der Waals surface area contributed by atoms with Crippen LogP contribution in [0.4, 0.5) is 0 Å². The van der Waals surface area contributed by atoms with Gasteiger partial charge in [0.05, 0.1) is 35.4 Å². The summed E-state index contributed by atoms with van der Waals surface area (Å²) in [7, 11) is 0. The number of carbonyl (C=O) groups is 1. The average Bonchev–Trinajstić information content (AvgIpc) is 3.54. The van der Waals surface area contributed by atoms with Crippen LogP contribution in [-0.2, 0) is 6.54 Å². The van der Waals surface area contributed by atoms with Gasteiger partial charge in [0, 0.05) is 11.8 Å². The molecule has 33 heavy (non-hydrogen) atoms. The predicted molar refractivity (Wildman–Crippen MR) is 121 cm³/mol. The SMILES string of the molecule is CCOc1nc2cccc(C(=O)O)c2n1Cc1ccc(-c2c(C)c[nH]c2-c2nn[nH]n2)cc1. The van der Waals surface area contributed by atoms with E-state index in [-0.39, 0.29) is 5.56 Å². The molecule has 3 N–H and O–H groups in total. The number of aryl methyl sites for hydroxylation is 1. The van der Waals surface area contributed by atoms with Crippen LogP contribution in [0.5, 0.6) is 6.01 Å². The standard InChI is InChI=1S/C23H21N7O3/c1-3-33-23-25-17-6-4-5-16(22(31)32)20(17)30(23)12-14-7-9-15(10-8-14)18-13(2)11-24-19(18)21-26-28-29-27-21/h4-11,24H,3,12H2,1-2H3,(H,31,32)(H,26,27,28,29). The summed E-state index contributed by atoms with van der Waals surface area (Å²) in [5.41, 5.74) is 6.15. The minimum atomic E-state index is -1.00. The zero-order chi connectivity index (χ0) is 22.9. The Morgan fingerprint density at radius 3 is 2.70 bits per heavy atom. The van der Waals surface area contributed by atoms with Crippen LogP contribution >= 0.6 is 0 Å². The van der Waals surface area contributed by atoms with Crippen LogP contribution in [0.1, 0.15) is 28.4 Å². The van der Waals surface area contributed by atoms with Crippen LogP contribution in [0.2, 0.25) is 0 Å². The Morgan fingerprint density at radius 2 is 2.00 bits per heavy atom. The highest BCUT2D eigenvalue weighted by Gasteiger charge is 2.19. The molecule has 10 heteroatoms. The minimum absolute atomic E-state index is 0.190. The second kappa shape index (κ2) is 8.23. The zero-order valence-electron chi connectivity index (χ0n) is 18.0. The molecule has 0 amide bonds. The number of nitrogens with one attached hydrogen (secondary N) is 2. The number of fused-ring (bicyclic) bond motifs is 1. The Labute approximate surface area is 188 Å². The lowest BCUT2D eigenvalue weighted by molar-refractivity contribution is 0.0698. The molecule has 0 aliphatic rings. The van der Waals surface area contributed by atoms with Gasteiger partial charge in [-0.15, -0.1) is 10.2 Å². The monoisotopic (exact) mass is 443 g/mol. The van der Waals surface area contributed by atoms with Gasteiger partial charge in [-0.3, -0.25) is 4.57 Å². The molecule has 166 valence electrons. The number of nitrogens with zero attached hydrogens (tertiary/aromatic N) is 5. The molecule has 0 bridgehead atoms. The maximum Gasteiger partial charge on any atom is 0.337 e. The molecule has 10 nitrogen and oxygen atoms in total. The van der Waals surface area contributed by atoms with Crippen LogP contribution in [-0.4, -0.2) is 52.8 Å². The molecule has 5 aromatic rings. The number of H-pyrrole nitrogens is 2. The summed E-state index contributed by atoms with van der Waals surface area (Å²) < 4.78 is 7.53. The van der Waals surface area contributed by atoms with Crippen molar-refractivity contribution in [2.24, 2.45) is 0 Å². The van der Waals surface area contributed by atoms with Gasteiger partial charge in [0.15, 0.2) is 0 Å². The highest BCUT2D eigenvalue weighted by Crippen LogP contribution is 2.33. The van der Waals surface area contributed by atoms with Gasteiger partial charge in [-0.1, -0.05) is 30.3 Å². The number of aromatic carboxylic acids is 1. The molecule has 0 atom stereocenters. The van der Waals surface area contributed by atoms with Crippen LogP contribution < -0.4 is 4.74 Å². The number of para-hydroxylation sites is 1. The van der Waals surface area contributed by atoms with Gasteiger partial charge in [-0.05, 0) is 47.9 Å². The van der Waals surface area contributed by atoms with Gasteiger partial charge < -0.3 is 14.8 Å². The number of tetrazole rings is 1. The van der Waals surface area contributed by atoms with E-state index in [1.165, 1.54) is 0 Å². The number of aromatic nitrogens is 7. The Morgan fingerprint density at radius 1 is 1.18 bits per heavy atom. The van der Waals surface area contributed by atoms with E-state index < -0.39 is 5.97 Å².